The fraction of sp³-hybridized carbons (Fsp3) is 0.429. The van der Waals surface area contributed by atoms with Crippen molar-refractivity contribution in [2.75, 3.05) is 26.8 Å². The average Bonchev–Trinajstić information content (AvgIpc) is 3.41. The number of fused-ring (bicyclic) bond motifs is 1. The molecule has 1 aliphatic heterocycles. The molecule has 2 amide bonds. The predicted octanol–water partition coefficient (Wildman–Crippen LogP) is 5.03. The highest BCUT2D eigenvalue weighted by Crippen LogP contribution is 2.31. The first-order chi connectivity index (χ1) is 21.6. The Morgan fingerprint density at radius 1 is 1.09 bits per heavy atom. The smallest absolute Gasteiger partial charge is 0.244 e. The molecule has 4 heterocycles. The van der Waals surface area contributed by atoms with Gasteiger partial charge in [-0.3, -0.25) is 19.5 Å². The average molecular weight is 615 g/mol. The van der Waals surface area contributed by atoms with Gasteiger partial charge in [-0.2, -0.15) is 0 Å². The van der Waals surface area contributed by atoms with E-state index in [0.29, 0.717) is 37.4 Å². The van der Waals surface area contributed by atoms with Crippen molar-refractivity contribution in [1.29, 1.82) is 0 Å². The van der Waals surface area contributed by atoms with Crippen LogP contribution >= 0.6 is 0 Å². The van der Waals surface area contributed by atoms with E-state index >= 15 is 4.39 Å². The second-order valence-corrected chi connectivity index (χ2v) is 12.3. The molecule has 0 aliphatic carbocycles. The SMILES string of the molecule is COCC[C@H](c1nccc(C)c1F)N1C[C@@H](C)N(C(=O)C(C)C)[C@@H](C(=O)NCc2ccc(-c3ccc4ccn(C)c4n3)cc2)C1. The summed E-state index contributed by atoms with van der Waals surface area (Å²) in [5, 5.41) is 4.16. The molecule has 1 saturated heterocycles. The molecule has 0 unspecified atom stereocenters. The van der Waals surface area contributed by atoms with E-state index in [-0.39, 0.29) is 36.1 Å². The van der Waals surface area contributed by atoms with Crippen LogP contribution in [0.3, 0.4) is 0 Å². The lowest BCUT2D eigenvalue weighted by atomic mass is 9.97. The highest BCUT2D eigenvalue weighted by atomic mass is 19.1. The summed E-state index contributed by atoms with van der Waals surface area (Å²) in [5.41, 5.74) is 4.56. The Morgan fingerprint density at radius 3 is 2.56 bits per heavy atom. The Balaban J connectivity index is 1.35. The van der Waals surface area contributed by atoms with Crippen LogP contribution in [-0.2, 0) is 27.9 Å². The van der Waals surface area contributed by atoms with Crippen molar-refractivity contribution in [3.63, 3.8) is 0 Å². The molecular formula is C35H43FN6O3. The number of ether oxygens (including phenoxy) is 1. The predicted molar refractivity (Wildman–Crippen MR) is 173 cm³/mol. The number of carbonyl (C=O) groups is 2. The van der Waals surface area contributed by atoms with Gasteiger partial charge in [-0.05, 0) is 55.7 Å². The van der Waals surface area contributed by atoms with Gasteiger partial charge in [-0.1, -0.05) is 38.1 Å². The summed E-state index contributed by atoms with van der Waals surface area (Å²) in [6.07, 6.45) is 4.11. The number of carbonyl (C=O) groups excluding carboxylic acids is 2. The molecule has 1 fully saturated rings. The maximum absolute atomic E-state index is 15.3. The second kappa shape index (κ2) is 13.9. The van der Waals surface area contributed by atoms with E-state index in [1.807, 2.05) is 75.0 Å². The molecule has 0 saturated carbocycles. The largest absolute Gasteiger partial charge is 0.385 e. The standard InChI is InChI=1S/C35H43FN6O3/c1-22(2)35(44)42-24(4)20-41(29(15-18-45-6)32-31(36)23(3)13-16-37-32)21-30(42)34(43)38-19-25-7-9-26(10-8-25)28-12-11-27-14-17-40(5)33(27)39-28/h7-14,16-17,22,24,29-30H,15,18-21H2,1-6H3,(H,38,43)/t24-,29-,30-/m1/s1. The van der Waals surface area contributed by atoms with E-state index in [1.54, 1.807) is 31.2 Å². The number of nitrogens with one attached hydrogen (secondary N) is 1. The summed E-state index contributed by atoms with van der Waals surface area (Å²) in [5.74, 6) is -0.952. The van der Waals surface area contributed by atoms with Gasteiger partial charge in [0.25, 0.3) is 0 Å². The van der Waals surface area contributed by atoms with Crippen molar-refractivity contribution in [3.8, 4) is 11.3 Å². The number of hydrogen-bond acceptors (Lipinski definition) is 6. The van der Waals surface area contributed by atoms with Gasteiger partial charge in [0.05, 0.1) is 17.4 Å². The molecule has 1 aromatic carbocycles. The van der Waals surface area contributed by atoms with Crippen LogP contribution in [0.4, 0.5) is 4.39 Å². The third-order valence-electron chi connectivity index (χ3n) is 8.66. The van der Waals surface area contributed by atoms with Crippen molar-refractivity contribution < 1.29 is 18.7 Å². The minimum atomic E-state index is -0.748. The lowest BCUT2D eigenvalue weighted by molar-refractivity contribution is -0.151. The summed E-state index contributed by atoms with van der Waals surface area (Å²) in [6.45, 7) is 8.79. The van der Waals surface area contributed by atoms with Crippen LogP contribution in [0.5, 0.6) is 0 Å². The van der Waals surface area contributed by atoms with Crippen LogP contribution in [0, 0.1) is 18.7 Å². The zero-order valence-electron chi connectivity index (χ0n) is 27.0. The van der Waals surface area contributed by atoms with E-state index in [9.17, 15) is 9.59 Å². The minimum Gasteiger partial charge on any atom is -0.385 e. The molecule has 9 nitrogen and oxygen atoms in total. The number of methoxy groups -OCH3 is 1. The van der Waals surface area contributed by atoms with Crippen molar-refractivity contribution in [3.05, 3.63) is 83.6 Å². The molecule has 4 aromatic rings. The van der Waals surface area contributed by atoms with Gasteiger partial charge in [0.2, 0.25) is 11.8 Å². The van der Waals surface area contributed by atoms with Crippen LogP contribution in [0.2, 0.25) is 0 Å². The van der Waals surface area contributed by atoms with E-state index in [2.05, 4.69) is 21.3 Å². The van der Waals surface area contributed by atoms with Crippen LogP contribution in [0.1, 0.15) is 50.1 Å². The van der Waals surface area contributed by atoms with Gasteiger partial charge in [0, 0.05) is 75.7 Å². The second-order valence-electron chi connectivity index (χ2n) is 12.3. The quantitative estimate of drug-likeness (QED) is 0.269. The monoisotopic (exact) mass is 614 g/mol. The molecule has 0 bridgehead atoms. The zero-order chi connectivity index (χ0) is 32.2. The lowest BCUT2D eigenvalue weighted by Crippen LogP contribution is -2.65. The lowest BCUT2D eigenvalue weighted by Gasteiger charge is -2.47. The summed E-state index contributed by atoms with van der Waals surface area (Å²) in [7, 11) is 3.59. The number of pyridine rings is 2. The number of hydrogen-bond donors (Lipinski definition) is 1. The highest BCUT2D eigenvalue weighted by Gasteiger charge is 2.42. The molecule has 10 heteroatoms. The first-order valence-electron chi connectivity index (χ1n) is 15.5. The molecule has 0 spiro atoms. The fourth-order valence-electron chi connectivity index (χ4n) is 6.16. The number of halogens is 1. The number of aromatic nitrogens is 3. The Morgan fingerprint density at radius 2 is 1.84 bits per heavy atom. The van der Waals surface area contributed by atoms with Crippen molar-refractivity contribution in [1.82, 2.24) is 29.7 Å². The molecule has 3 atom stereocenters. The maximum atomic E-state index is 15.3. The molecule has 45 heavy (non-hydrogen) atoms. The van der Waals surface area contributed by atoms with Crippen molar-refractivity contribution >= 4 is 22.8 Å². The third kappa shape index (κ3) is 6.92. The molecule has 238 valence electrons. The Kier molecular flexibility index (Phi) is 9.94. The molecule has 5 rings (SSSR count). The summed E-state index contributed by atoms with van der Waals surface area (Å²) in [6, 6.07) is 14.3. The highest BCUT2D eigenvalue weighted by molar-refractivity contribution is 5.89. The number of amides is 2. The van der Waals surface area contributed by atoms with Gasteiger partial charge in [0.15, 0.2) is 0 Å². The summed E-state index contributed by atoms with van der Waals surface area (Å²) < 4.78 is 22.7. The van der Waals surface area contributed by atoms with Gasteiger partial charge in [-0.25, -0.2) is 9.37 Å². The van der Waals surface area contributed by atoms with Crippen molar-refractivity contribution in [2.45, 2.75) is 58.8 Å². The van der Waals surface area contributed by atoms with Gasteiger partial charge in [0.1, 0.15) is 17.5 Å². The number of piperazine rings is 1. The van der Waals surface area contributed by atoms with Crippen LogP contribution < -0.4 is 5.32 Å². The van der Waals surface area contributed by atoms with E-state index in [4.69, 9.17) is 9.72 Å². The number of rotatable bonds is 10. The number of benzene rings is 1. The molecule has 3 aromatic heterocycles. The van der Waals surface area contributed by atoms with E-state index in [0.717, 1.165) is 27.9 Å². The van der Waals surface area contributed by atoms with Gasteiger partial charge in [-0.15, -0.1) is 0 Å². The maximum Gasteiger partial charge on any atom is 0.244 e. The number of aryl methyl sites for hydroxylation is 2. The van der Waals surface area contributed by atoms with Crippen LogP contribution in [0.25, 0.3) is 22.3 Å². The van der Waals surface area contributed by atoms with Crippen LogP contribution in [-0.4, -0.2) is 75.0 Å². The third-order valence-corrected chi connectivity index (χ3v) is 8.66. The topological polar surface area (TPSA) is 92.6 Å². The first kappa shape index (κ1) is 32.2. The van der Waals surface area contributed by atoms with Crippen LogP contribution in [0.15, 0.2) is 60.9 Å². The van der Waals surface area contributed by atoms with E-state index < -0.39 is 12.1 Å². The van der Waals surface area contributed by atoms with Gasteiger partial charge >= 0.3 is 0 Å². The molecular weight excluding hydrogens is 571 g/mol. The molecule has 1 N–H and O–H groups in total. The molecule has 0 radical (unpaired) electrons. The Bertz CT molecular complexity index is 1650. The normalized spacial score (nSPS) is 18.0. The summed E-state index contributed by atoms with van der Waals surface area (Å²) >= 11 is 0. The number of nitrogens with zero attached hydrogens (tertiary/aromatic N) is 5. The summed E-state index contributed by atoms with van der Waals surface area (Å²) in [4.78, 5) is 40.3. The Hall–Kier alpha value is -4.15. The zero-order valence-corrected chi connectivity index (χ0v) is 27.0. The Labute approximate surface area is 264 Å². The van der Waals surface area contributed by atoms with Crippen molar-refractivity contribution in [2.24, 2.45) is 13.0 Å². The molecule has 1 aliphatic rings. The minimum absolute atomic E-state index is 0.0809. The van der Waals surface area contributed by atoms with Gasteiger partial charge < -0.3 is 19.5 Å². The fourth-order valence-corrected chi connectivity index (χ4v) is 6.16. The first-order valence-corrected chi connectivity index (χ1v) is 15.5. The van der Waals surface area contributed by atoms with E-state index in [1.165, 1.54) is 0 Å².